The fourth-order valence-corrected chi connectivity index (χ4v) is 3.76. The van der Waals surface area contributed by atoms with Crippen molar-refractivity contribution in [3.05, 3.63) is 0 Å². The van der Waals surface area contributed by atoms with Crippen LogP contribution >= 0.6 is 15.9 Å². The molecule has 0 N–H and O–H groups in total. The van der Waals surface area contributed by atoms with E-state index < -0.39 is 0 Å². The molecule has 0 aromatic heterocycles. The Morgan fingerprint density at radius 1 is 1.23 bits per heavy atom. The van der Waals surface area contributed by atoms with Crippen LogP contribution in [0.15, 0.2) is 0 Å². The van der Waals surface area contributed by atoms with Crippen molar-refractivity contribution in [1.82, 2.24) is 4.90 Å². The highest BCUT2D eigenvalue weighted by Gasteiger charge is 2.29. The minimum Gasteiger partial charge on any atom is -0.303 e. The largest absolute Gasteiger partial charge is 0.303 e. The van der Waals surface area contributed by atoms with Crippen LogP contribution in [0.5, 0.6) is 0 Å². The molecule has 1 nitrogen and oxygen atoms in total. The monoisotopic (exact) mass is 245 g/mol. The van der Waals surface area contributed by atoms with Crippen LogP contribution in [0.2, 0.25) is 0 Å². The average molecular weight is 246 g/mol. The van der Waals surface area contributed by atoms with Crippen LogP contribution in [0.1, 0.15) is 38.5 Å². The summed E-state index contributed by atoms with van der Waals surface area (Å²) >= 11 is 3.66. The van der Waals surface area contributed by atoms with Gasteiger partial charge in [-0.05, 0) is 38.6 Å². The molecule has 0 saturated heterocycles. The van der Waals surface area contributed by atoms with Gasteiger partial charge in [-0.3, -0.25) is 0 Å². The first-order valence-corrected chi connectivity index (χ1v) is 6.51. The number of rotatable bonds is 3. The van der Waals surface area contributed by atoms with Gasteiger partial charge in [0.25, 0.3) is 0 Å². The Morgan fingerprint density at radius 2 is 1.85 bits per heavy atom. The molecule has 0 radical (unpaired) electrons. The topological polar surface area (TPSA) is 3.24 Å². The second-order valence-corrected chi connectivity index (χ2v) is 6.11. The van der Waals surface area contributed by atoms with Crippen molar-refractivity contribution in [3.8, 4) is 0 Å². The summed E-state index contributed by atoms with van der Waals surface area (Å²) < 4.78 is 0. The van der Waals surface area contributed by atoms with Gasteiger partial charge in [-0.2, -0.15) is 0 Å². The Balaban J connectivity index is 1.68. The summed E-state index contributed by atoms with van der Waals surface area (Å²) in [5.74, 6) is 0.981. The predicted molar refractivity (Wildman–Crippen MR) is 60.3 cm³/mol. The third-order valence-corrected chi connectivity index (χ3v) is 4.42. The first-order valence-electron chi connectivity index (χ1n) is 5.60. The van der Waals surface area contributed by atoms with Crippen molar-refractivity contribution in [2.24, 2.45) is 5.92 Å². The summed E-state index contributed by atoms with van der Waals surface area (Å²) in [5.41, 5.74) is 0. The Hall–Kier alpha value is 0.440. The molecule has 0 amide bonds. The Morgan fingerprint density at radius 3 is 2.38 bits per heavy atom. The van der Waals surface area contributed by atoms with Crippen LogP contribution in [0.3, 0.4) is 0 Å². The van der Waals surface area contributed by atoms with Gasteiger partial charge < -0.3 is 4.90 Å². The lowest BCUT2D eigenvalue weighted by Gasteiger charge is -2.36. The van der Waals surface area contributed by atoms with Crippen LogP contribution in [0.4, 0.5) is 0 Å². The molecule has 0 spiro atoms. The third-order valence-electron chi connectivity index (χ3n) is 3.67. The number of hydrogen-bond donors (Lipinski definition) is 0. The van der Waals surface area contributed by atoms with Crippen LogP contribution < -0.4 is 0 Å². The summed E-state index contributed by atoms with van der Waals surface area (Å²) in [4.78, 5) is 3.44. The van der Waals surface area contributed by atoms with E-state index in [0.29, 0.717) is 0 Å². The Labute approximate surface area is 90.0 Å². The van der Waals surface area contributed by atoms with Crippen molar-refractivity contribution in [3.63, 3.8) is 0 Å². The second-order valence-electron chi connectivity index (χ2n) is 4.81. The molecule has 2 fully saturated rings. The molecule has 2 heteroatoms. The molecule has 2 aliphatic carbocycles. The summed E-state index contributed by atoms with van der Waals surface area (Å²) in [6.07, 6.45) is 8.61. The molecular formula is C11H20BrN. The molecule has 13 heavy (non-hydrogen) atoms. The van der Waals surface area contributed by atoms with Crippen LogP contribution in [0.25, 0.3) is 0 Å². The van der Waals surface area contributed by atoms with Gasteiger partial charge in [0.15, 0.2) is 0 Å². The normalized spacial score (nSPS) is 35.3. The lowest BCUT2D eigenvalue weighted by Crippen LogP contribution is -2.38. The zero-order chi connectivity index (χ0) is 9.26. The highest BCUT2D eigenvalue weighted by atomic mass is 79.9. The molecule has 0 atom stereocenters. The first-order chi connectivity index (χ1) is 6.25. The molecule has 76 valence electrons. The number of hydrogen-bond acceptors (Lipinski definition) is 1. The van der Waals surface area contributed by atoms with Gasteiger partial charge in [-0.15, -0.1) is 0 Å². The Kier molecular flexibility index (Phi) is 3.31. The first kappa shape index (κ1) is 9.97. The van der Waals surface area contributed by atoms with Crippen molar-refractivity contribution in [2.45, 2.75) is 49.4 Å². The summed E-state index contributed by atoms with van der Waals surface area (Å²) in [5, 5.41) is 0. The lowest BCUT2D eigenvalue weighted by molar-refractivity contribution is 0.168. The highest BCUT2D eigenvalue weighted by molar-refractivity contribution is 9.09. The van der Waals surface area contributed by atoms with E-state index in [9.17, 15) is 0 Å². The van der Waals surface area contributed by atoms with Crippen molar-refractivity contribution in [2.75, 3.05) is 13.6 Å². The number of nitrogens with zero attached hydrogens (tertiary/aromatic N) is 1. The SMILES string of the molecule is CN(CC1CC(Br)C1)C1CCCC1. The van der Waals surface area contributed by atoms with E-state index >= 15 is 0 Å². The molecular weight excluding hydrogens is 226 g/mol. The minimum atomic E-state index is 0.828. The molecule has 0 aromatic carbocycles. The maximum absolute atomic E-state index is 3.66. The number of alkyl halides is 1. The van der Waals surface area contributed by atoms with Crippen LogP contribution in [-0.2, 0) is 0 Å². The van der Waals surface area contributed by atoms with Gasteiger partial charge in [0.05, 0.1) is 0 Å². The summed E-state index contributed by atoms with van der Waals surface area (Å²) in [6.45, 7) is 1.34. The molecule has 2 saturated carbocycles. The summed E-state index contributed by atoms with van der Waals surface area (Å²) in [7, 11) is 2.32. The quantitative estimate of drug-likeness (QED) is 0.692. The standard InChI is InChI=1S/C11H20BrN/c1-13(11-4-2-3-5-11)8-9-6-10(12)7-9/h9-11H,2-8H2,1H3. The molecule has 0 bridgehead atoms. The van der Waals surface area contributed by atoms with E-state index in [1.54, 1.807) is 0 Å². The zero-order valence-electron chi connectivity index (χ0n) is 8.51. The molecule has 2 rings (SSSR count). The predicted octanol–water partition coefficient (Wildman–Crippen LogP) is 3.03. The Bertz CT molecular complexity index is 159. The fraction of sp³-hybridized carbons (Fsp3) is 1.00. The van der Waals surface area contributed by atoms with E-state index in [1.807, 2.05) is 0 Å². The van der Waals surface area contributed by atoms with E-state index in [4.69, 9.17) is 0 Å². The average Bonchev–Trinajstić information content (AvgIpc) is 2.53. The maximum atomic E-state index is 3.66. The van der Waals surface area contributed by atoms with Crippen molar-refractivity contribution >= 4 is 15.9 Å². The van der Waals surface area contributed by atoms with E-state index in [0.717, 1.165) is 16.8 Å². The molecule has 0 unspecified atom stereocenters. The lowest BCUT2D eigenvalue weighted by atomic mass is 9.84. The molecule has 0 aromatic rings. The van der Waals surface area contributed by atoms with Crippen LogP contribution in [-0.4, -0.2) is 29.4 Å². The molecule has 0 heterocycles. The van der Waals surface area contributed by atoms with Crippen molar-refractivity contribution in [1.29, 1.82) is 0 Å². The maximum Gasteiger partial charge on any atom is 0.0152 e. The highest BCUT2D eigenvalue weighted by Crippen LogP contribution is 2.34. The number of halogens is 1. The van der Waals surface area contributed by atoms with Gasteiger partial charge >= 0.3 is 0 Å². The van der Waals surface area contributed by atoms with Gasteiger partial charge in [0.1, 0.15) is 0 Å². The third kappa shape index (κ3) is 2.47. The van der Waals surface area contributed by atoms with E-state index in [-0.39, 0.29) is 0 Å². The second kappa shape index (κ2) is 4.31. The smallest absolute Gasteiger partial charge is 0.0152 e. The van der Waals surface area contributed by atoms with Gasteiger partial charge in [-0.1, -0.05) is 28.8 Å². The van der Waals surface area contributed by atoms with E-state index in [1.165, 1.54) is 45.1 Å². The summed E-state index contributed by atoms with van der Waals surface area (Å²) in [6, 6.07) is 0.911. The van der Waals surface area contributed by atoms with Gasteiger partial charge in [0.2, 0.25) is 0 Å². The molecule has 0 aliphatic heterocycles. The van der Waals surface area contributed by atoms with Crippen molar-refractivity contribution < 1.29 is 0 Å². The zero-order valence-corrected chi connectivity index (χ0v) is 10.1. The van der Waals surface area contributed by atoms with Gasteiger partial charge in [-0.25, -0.2) is 0 Å². The van der Waals surface area contributed by atoms with Gasteiger partial charge in [0, 0.05) is 17.4 Å². The molecule has 2 aliphatic rings. The van der Waals surface area contributed by atoms with Crippen LogP contribution in [0, 0.1) is 5.92 Å². The fourth-order valence-electron chi connectivity index (χ4n) is 2.70. The minimum absolute atomic E-state index is 0.828. The van der Waals surface area contributed by atoms with E-state index in [2.05, 4.69) is 27.9 Å².